The summed E-state index contributed by atoms with van der Waals surface area (Å²) in [7, 11) is 0. The number of hydrogen-bond acceptors (Lipinski definition) is 3. The second-order valence-corrected chi connectivity index (χ2v) is 8.98. The molecule has 3 aromatic carbocycles. The van der Waals surface area contributed by atoms with Crippen LogP contribution in [0.25, 0.3) is 16.6 Å². The van der Waals surface area contributed by atoms with Crippen molar-refractivity contribution in [3.63, 3.8) is 0 Å². The van der Waals surface area contributed by atoms with Gasteiger partial charge < -0.3 is 4.90 Å². The van der Waals surface area contributed by atoms with Gasteiger partial charge in [-0.1, -0.05) is 60.5 Å². The zero-order valence-corrected chi connectivity index (χ0v) is 20.8. The van der Waals surface area contributed by atoms with Gasteiger partial charge in [0, 0.05) is 11.6 Å². The van der Waals surface area contributed by atoms with E-state index < -0.39 is 6.04 Å². The maximum absolute atomic E-state index is 13.7. The fraction of sp³-hybridized carbons (Fsp3) is 0.222. The second kappa shape index (κ2) is 10.00. The molecule has 4 aromatic rings. The maximum Gasteiger partial charge on any atom is 0.266 e. The smallest absolute Gasteiger partial charge is 0.266 e. The summed E-state index contributed by atoms with van der Waals surface area (Å²) in [6.07, 6.45) is 0.731. The van der Waals surface area contributed by atoms with Crippen molar-refractivity contribution in [3.8, 4) is 5.69 Å². The van der Waals surface area contributed by atoms with Crippen LogP contribution in [0.3, 0.4) is 0 Å². The van der Waals surface area contributed by atoms with Crippen molar-refractivity contribution >= 4 is 40.0 Å². The number of fused-ring (bicyclic) bond motifs is 1. The maximum atomic E-state index is 13.7. The molecule has 1 heterocycles. The SMILES string of the molecule is CCCN(C(=O)c1ccccc1Cl)C(C)c1nc2ccccc2c(=O)n1-c1cccc(Cl)c1C. The van der Waals surface area contributed by atoms with Crippen LogP contribution in [-0.4, -0.2) is 26.9 Å². The number of carbonyl (C=O) groups is 1. The molecule has 7 heteroatoms. The summed E-state index contributed by atoms with van der Waals surface area (Å²) in [6.45, 7) is 6.23. The molecule has 5 nitrogen and oxygen atoms in total. The zero-order chi connectivity index (χ0) is 24.4. The van der Waals surface area contributed by atoms with Gasteiger partial charge in [0.05, 0.1) is 33.2 Å². The number of aromatic nitrogens is 2. The summed E-state index contributed by atoms with van der Waals surface area (Å²) in [6, 6.07) is 19.1. The van der Waals surface area contributed by atoms with E-state index in [0.717, 1.165) is 12.0 Å². The Balaban J connectivity index is 1.96. The van der Waals surface area contributed by atoms with E-state index in [1.807, 2.05) is 45.0 Å². The third-order valence-corrected chi connectivity index (χ3v) is 6.69. The van der Waals surface area contributed by atoms with Crippen molar-refractivity contribution in [3.05, 3.63) is 104 Å². The van der Waals surface area contributed by atoms with E-state index in [0.29, 0.717) is 44.6 Å². The highest BCUT2D eigenvalue weighted by molar-refractivity contribution is 6.33. The van der Waals surface area contributed by atoms with Crippen LogP contribution in [0.4, 0.5) is 0 Å². The number of hydrogen-bond donors (Lipinski definition) is 0. The standard InChI is InChI=1S/C27H25Cl2N3O2/c1-4-16-31(26(33)19-10-5-7-12-22(19)29)18(3)25-30-23-14-8-6-11-20(23)27(34)32(25)24-15-9-13-21(28)17(24)2/h5-15,18H,4,16H2,1-3H3. The molecule has 1 atom stereocenters. The summed E-state index contributed by atoms with van der Waals surface area (Å²) in [5.41, 5.74) is 2.18. The number of nitrogens with zero attached hydrogens (tertiary/aromatic N) is 3. The molecular formula is C27H25Cl2N3O2. The zero-order valence-electron chi connectivity index (χ0n) is 19.3. The molecule has 0 aliphatic heterocycles. The Morgan fingerprint density at radius 2 is 1.68 bits per heavy atom. The number of para-hydroxylation sites is 1. The number of halogens is 2. The number of amides is 1. The molecule has 0 bridgehead atoms. The third-order valence-electron chi connectivity index (χ3n) is 5.95. The largest absolute Gasteiger partial charge is 0.329 e. The van der Waals surface area contributed by atoms with Crippen molar-refractivity contribution in [1.29, 1.82) is 0 Å². The van der Waals surface area contributed by atoms with E-state index in [9.17, 15) is 9.59 Å². The van der Waals surface area contributed by atoms with Gasteiger partial charge in [0.1, 0.15) is 5.82 Å². The third kappa shape index (κ3) is 4.33. The molecule has 0 aliphatic rings. The molecule has 1 unspecified atom stereocenters. The molecule has 1 aromatic heterocycles. The molecule has 1 amide bonds. The Bertz CT molecular complexity index is 1430. The number of carbonyl (C=O) groups excluding carboxylic acids is 1. The van der Waals surface area contributed by atoms with Crippen molar-refractivity contribution in [1.82, 2.24) is 14.5 Å². The van der Waals surface area contributed by atoms with E-state index in [2.05, 4.69) is 0 Å². The lowest BCUT2D eigenvalue weighted by molar-refractivity contribution is 0.0681. The molecule has 0 radical (unpaired) electrons. The number of benzene rings is 3. The second-order valence-electron chi connectivity index (χ2n) is 8.17. The first-order valence-corrected chi connectivity index (χ1v) is 11.9. The van der Waals surface area contributed by atoms with Crippen LogP contribution in [0.15, 0.2) is 71.5 Å². The van der Waals surface area contributed by atoms with Gasteiger partial charge in [0.2, 0.25) is 0 Å². The van der Waals surface area contributed by atoms with Gasteiger partial charge in [-0.05, 0) is 62.2 Å². The summed E-state index contributed by atoms with van der Waals surface area (Å²) in [4.78, 5) is 33.9. The predicted molar refractivity (Wildman–Crippen MR) is 138 cm³/mol. The summed E-state index contributed by atoms with van der Waals surface area (Å²) >= 11 is 12.8. The Kier molecular flexibility index (Phi) is 7.05. The molecule has 0 fully saturated rings. The Morgan fingerprint density at radius 1 is 1.00 bits per heavy atom. The molecule has 174 valence electrons. The summed E-state index contributed by atoms with van der Waals surface area (Å²) in [5.74, 6) is 0.250. The lowest BCUT2D eigenvalue weighted by Gasteiger charge is -2.31. The fourth-order valence-corrected chi connectivity index (χ4v) is 4.53. The first-order chi connectivity index (χ1) is 16.3. The highest BCUT2D eigenvalue weighted by atomic mass is 35.5. The topological polar surface area (TPSA) is 55.2 Å². The summed E-state index contributed by atoms with van der Waals surface area (Å²) in [5, 5.41) is 1.43. The van der Waals surface area contributed by atoms with Crippen molar-refractivity contribution < 1.29 is 4.79 Å². The molecule has 0 spiro atoms. The van der Waals surface area contributed by atoms with Gasteiger partial charge in [-0.15, -0.1) is 0 Å². The minimum Gasteiger partial charge on any atom is -0.329 e. The first kappa shape index (κ1) is 24.0. The molecule has 4 rings (SSSR count). The van der Waals surface area contributed by atoms with Gasteiger partial charge in [0.25, 0.3) is 11.5 Å². The quantitative estimate of drug-likeness (QED) is 0.303. The number of rotatable bonds is 6. The Hall–Kier alpha value is -3.15. The molecule has 0 aliphatic carbocycles. The van der Waals surface area contributed by atoms with Gasteiger partial charge >= 0.3 is 0 Å². The monoisotopic (exact) mass is 493 g/mol. The lowest BCUT2D eigenvalue weighted by atomic mass is 10.1. The van der Waals surface area contributed by atoms with E-state index in [4.69, 9.17) is 28.2 Å². The van der Waals surface area contributed by atoms with E-state index in [1.54, 1.807) is 51.9 Å². The average Bonchev–Trinajstić information content (AvgIpc) is 2.84. The Morgan fingerprint density at radius 3 is 2.41 bits per heavy atom. The van der Waals surface area contributed by atoms with E-state index in [1.165, 1.54) is 0 Å². The van der Waals surface area contributed by atoms with Crippen molar-refractivity contribution in [2.45, 2.75) is 33.2 Å². The van der Waals surface area contributed by atoms with Crippen molar-refractivity contribution in [2.24, 2.45) is 0 Å². The fourth-order valence-electron chi connectivity index (χ4n) is 4.14. The normalized spacial score (nSPS) is 12.0. The minimum absolute atomic E-state index is 0.209. The van der Waals surface area contributed by atoms with Gasteiger partial charge in [-0.25, -0.2) is 4.98 Å². The predicted octanol–water partition coefficient (Wildman–Crippen LogP) is 6.61. The van der Waals surface area contributed by atoms with E-state index >= 15 is 0 Å². The first-order valence-electron chi connectivity index (χ1n) is 11.2. The molecule has 0 saturated heterocycles. The molecule has 0 N–H and O–H groups in total. The van der Waals surface area contributed by atoms with Crippen molar-refractivity contribution in [2.75, 3.05) is 6.54 Å². The van der Waals surface area contributed by atoms with Crippen LogP contribution in [0.1, 0.15) is 48.1 Å². The summed E-state index contributed by atoms with van der Waals surface area (Å²) < 4.78 is 1.58. The molecular weight excluding hydrogens is 469 g/mol. The molecule has 0 saturated carbocycles. The van der Waals surface area contributed by atoms with Crippen LogP contribution in [0.2, 0.25) is 10.0 Å². The van der Waals surface area contributed by atoms with Crippen LogP contribution >= 0.6 is 23.2 Å². The highest BCUT2D eigenvalue weighted by Gasteiger charge is 2.28. The van der Waals surface area contributed by atoms with Crippen LogP contribution in [0.5, 0.6) is 0 Å². The Labute approximate surface area is 208 Å². The van der Waals surface area contributed by atoms with Crippen LogP contribution in [0, 0.1) is 6.92 Å². The van der Waals surface area contributed by atoms with Crippen LogP contribution < -0.4 is 5.56 Å². The minimum atomic E-state index is -0.514. The van der Waals surface area contributed by atoms with Crippen LogP contribution in [-0.2, 0) is 0 Å². The van der Waals surface area contributed by atoms with Gasteiger partial charge in [-0.2, -0.15) is 0 Å². The highest BCUT2D eigenvalue weighted by Crippen LogP contribution is 2.29. The lowest BCUT2D eigenvalue weighted by Crippen LogP contribution is -2.38. The van der Waals surface area contributed by atoms with Gasteiger partial charge in [-0.3, -0.25) is 14.2 Å². The van der Waals surface area contributed by atoms with Gasteiger partial charge in [0.15, 0.2) is 0 Å². The average molecular weight is 494 g/mol. The van der Waals surface area contributed by atoms with E-state index in [-0.39, 0.29) is 11.5 Å². The molecule has 34 heavy (non-hydrogen) atoms.